The van der Waals surface area contributed by atoms with E-state index in [1.54, 1.807) is 22.6 Å². The molecule has 0 bridgehead atoms. The molecule has 13 heteroatoms. The van der Waals surface area contributed by atoms with Gasteiger partial charge in [-0.1, -0.05) is 18.2 Å². The molecule has 0 spiro atoms. The van der Waals surface area contributed by atoms with Crippen LogP contribution in [0.4, 0.5) is 19.0 Å². The van der Waals surface area contributed by atoms with Crippen LogP contribution in [0.15, 0.2) is 30.7 Å². The van der Waals surface area contributed by atoms with E-state index in [-0.39, 0.29) is 11.9 Å². The summed E-state index contributed by atoms with van der Waals surface area (Å²) in [7, 11) is 1.56. The lowest BCUT2D eigenvalue weighted by Crippen LogP contribution is -2.28. The van der Waals surface area contributed by atoms with Crippen LogP contribution >= 0.6 is 0 Å². The predicted octanol–water partition coefficient (Wildman–Crippen LogP) is 6.04. The Kier molecular flexibility index (Phi) is 7.61. The van der Waals surface area contributed by atoms with Gasteiger partial charge in [-0.15, -0.1) is 0 Å². The molecule has 10 nitrogen and oxygen atoms in total. The van der Waals surface area contributed by atoms with E-state index in [0.29, 0.717) is 60.6 Å². The molecule has 1 aromatic carbocycles. The number of aryl methyl sites for hydroxylation is 1. The number of benzene rings is 1. The van der Waals surface area contributed by atoms with Gasteiger partial charge < -0.3 is 19.5 Å². The van der Waals surface area contributed by atoms with Gasteiger partial charge in [-0.05, 0) is 44.7 Å². The Morgan fingerprint density at radius 1 is 1.16 bits per heavy atom. The minimum Gasteiger partial charge on any atom is -0.480 e. The van der Waals surface area contributed by atoms with Crippen molar-refractivity contribution in [2.45, 2.75) is 71.3 Å². The Morgan fingerprint density at radius 2 is 1.95 bits per heavy atom. The number of nitriles is 1. The van der Waals surface area contributed by atoms with E-state index in [2.05, 4.69) is 26.5 Å². The molecule has 0 atom stereocenters. The van der Waals surface area contributed by atoms with E-state index in [1.807, 2.05) is 32.9 Å². The standard InChI is InChI=1S/C31H32F3N9O/c1-17(2)43-14-24(31(32,33)34)40-29(43)21-8-5-19(11-18(21)3)12-36-27-22-13-42(15-35)10-9-23(22)39-28(41-27)25-26(20-6-7-20)37-16-38-30(25)44-4/h5,8,11,14,16-17,20H,6-7,9-10,12-13H2,1-4H3,(H,36,39,41). The summed E-state index contributed by atoms with van der Waals surface area (Å²) in [5.74, 6) is 2.09. The lowest BCUT2D eigenvalue weighted by Gasteiger charge is -2.26. The monoisotopic (exact) mass is 603 g/mol. The maximum Gasteiger partial charge on any atom is 0.434 e. The third kappa shape index (κ3) is 5.64. The maximum absolute atomic E-state index is 13.5. The number of nitrogens with one attached hydrogen (secondary N) is 1. The fourth-order valence-corrected chi connectivity index (χ4v) is 5.57. The average molecular weight is 604 g/mol. The number of ether oxygens (including phenoxy) is 1. The number of nitrogens with zero attached hydrogens (tertiary/aromatic N) is 8. The predicted molar refractivity (Wildman–Crippen MR) is 156 cm³/mol. The summed E-state index contributed by atoms with van der Waals surface area (Å²) in [6, 6.07) is 5.41. The molecule has 0 saturated heterocycles. The Labute approximate surface area is 253 Å². The lowest BCUT2D eigenvalue weighted by molar-refractivity contribution is -0.140. The highest BCUT2D eigenvalue weighted by molar-refractivity contribution is 5.68. The number of methoxy groups -OCH3 is 1. The van der Waals surface area contributed by atoms with Gasteiger partial charge in [0.15, 0.2) is 17.7 Å². The summed E-state index contributed by atoms with van der Waals surface area (Å²) in [6.07, 6.45) is 2.91. The van der Waals surface area contributed by atoms with Crippen molar-refractivity contribution in [3.8, 4) is 34.8 Å². The Hall–Kier alpha value is -4.73. The number of hydrogen-bond donors (Lipinski definition) is 1. The zero-order valence-corrected chi connectivity index (χ0v) is 24.9. The number of hydrogen-bond acceptors (Lipinski definition) is 9. The van der Waals surface area contributed by atoms with Crippen LogP contribution in [0.1, 0.15) is 72.4 Å². The second-order valence-electron chi connectivity index (χ2n) is 11.5. The molecule has 3 aromatic heterocycles. The molecule has 4 heterocycles. The van der Waals surface area contributed by atoms with Crippen LogP contribution in [-0.4, -0.2) is 48.0 Å². The normalized spacial score (nSPS) is 14.8. The first-order valence-corrected chi connectivity index (χ1v) is 14.5. The Morgan fingerprint density at radius 3 is 2.61 bits per heavy atom. The smallest absolute Gasteiger partial charge is 0.434 e. The Balaban J connectivity index is 1.34. The van der Waals surface area contributed by atoms with Crippen molar-refractivity contribution in [1.82, 2.24) is 34.4 Å². The molecule has 1 aliphatic carbocycles. The summed E-state index contributed by atoms with van der Waals surface area (Å²) in [6.45, 7) is 6.84. The van der Waals surface area contributed by atoms with Crippen LogP contribution < -0.4 is 10.1 Å². The third-order valence-electron chi connectivity index (χ3n) is 8.00. The molecular weight excluding hydrogens is 571 g/mol. The van der Waals surface area contributed by atoms with Crippen molar-refractivity contribution in [3.05, 3.63) is 64.5 Å². The SMILES string of the molecule is COc1ncnc(C2CC2)c1-c1nc2c(c(NCc3ccc(-c4nc(C(F)(F)F)cn4C(C)C)c(C)c3)n1)CN(C#N)CC2. The molecule has 228 valence electrons. The van der Waals surface area contributed by atoms with Gasteiger partial charge in [-0.25, -0.2) is 24.9 Å². The number of halogens is 3. The van der Waals surface area contributed by atoms with E-state index >= 15 is 0 Å². The van der Waals surface area contributed by atoms with Crippen LogP contribution in [0.5, 0.6) is 5.88 Å². The molecule has 44 heavy (non-hydrogen) atoms. The molecule has 4 aromatic rings. The zero-order chi connectivity index (χ0) is 31.2. The first-order valence-electron chi connectivity index (χ1n) is 14.5. The third-order valence-corrected chi connectivity index (χ3v) is 8.00. The summed E-state index contributed by atoms with van der Waals surface area (Å²) in [5.41, 5.74) is 4.68. The molecule has 1 saturated carbocycles. The van der Waals surface area contributed by atoms with Gasteiger partial charge in [-0.2, -0.15) is 18.4 Å². The van der Waals surface area contributed by atoms with Crippen LogP contribution in [0.3, 0.4) is 0 Å². The highest BCUT2D eigenvalue weighted by atomic mass is 19.4. The minimum absolute atomic E-state index is 0.200. The summed E-state index contributed by atoms with van der Waals surface area (Å²) in [5, 5.41) is 13.0. The van der Waals surface area contributed by atoms with Crippen LogP contribution in [0, 0.1) is 18.4 Å². The van der Waals surface area contributed by atoms with E-state index < -0.39 is 11.9 Å². The van der Waals surface area contributed by atoms with Crippen molar-refractivity contribution >= 4 is 5.82 Å². The molecule has 1 N–H and O–H groups in total. The molecule has 2 aliphatic rings. The average Bonchev–Trinajstić information content (AvgIpc) is 3.75. The van der Waals surface area contributed by atoms with Crippen molar-refractivity contribution in [3.63, 3.8) is 0 Å². The highest BCUT2D eigenvalue weighted by Crippen LogP contribution is 2.45. The molecule has 6 rings (SSSR count). The first-order chi connectivity index (χ1) is 21.1. The first kappa shape index (κ1) is 29.3. The zero-order valence-electron chi connectivity index (χ0n) is 24.9. The van der Waals surface area contributed by atoms with Crippen molar-refractivity contribution in [2.75, 3.05) is 19.0 Å². The van der Waals surface area contributed by atoms with Crippen molar-refractivity contribution < 1.29 is 17.9 Å². The highest BCUT2D eigenvalue weighted by Gasteiger charge is 2.36. The number of aromatic nitrogens is 6. The van der Waals surface area contributed by atoms with Gasteiger partial charge in [0.05, 0.1) is 25.0 Å². The van der Waals surface area contributed by atoms with Gasteiger partial charge >= 0.3 is 6.18 Å². The number of anilines is 1. The summed E-state index contributed by atoms with van der Waals surface area (Å²) in [4.78, 5) is 24.3. The van der Waals surface area contributed by atoms with Gasteiger partial charge in [0, 0.05) is 48.8 Å². The number of imidazole rings is 1. The summed E-state index contributed by atoms with van der Waals surface area (Å²) >= 11 is 0. The van der Waals surface area contributed by atoms with E-state index in [4.69, 9.17) is 14.7 Å². The molecular formula is C31H32F3N9O. The van der Waals surface area contributed by atoms with Gasteiger partial charge in [-0.3, -0.25) is 0 Å². The Bertz CT molecular complexity index is 1760. The molecule has 0 radical (unpaired) electrons. The maximum atomic E-state index is 13.5. The fraction of sp³-hybridized carbons (Fsp3) is 0.419. The fourth-order valence-electron chi connectivity index (χ4n) is 5.57. The van der Waals surface area contributed by atoms with Gasteiger partial charge in [0.2, 0.25) is 5.88 Å². The van der Waals surface area contributed by atoms with Crippen molar-refractivity contribution in [1.29, 1.82) is 5.26 Å². The molecule has 0 unspecified atom stereocenters. The number of rotatable bonds is 8. The number of fused-ring (bicyclic) bond motifs is 1. The minimum atomic E-state index is -4.53. The van der Waals surface area contributed by atoms with Crippen LogP contribution in [-0.2, 0) is 25.7 Å². The lowest BCUT2D eigenvalue weighted by atomic mass is 10.0. The molecule has 0 amide bonds. The summed E-state index contributed by atoms with van der Waals surface area (Å²) < 4.78 is 47.6. The second kappa shape index (κ2) is 11.4. The van der Waals surface area contributed by atoms with E-state index in [0.717, 1.165) is 47.1 Å². The molecule has 1 aliphatic heterocycles. The van der Waals surface area contributed by atoms with Gasteiger partial charge in [0.1, 0.15) is 23.5 Å². The largest absolute Gasteiger partial charge is 0.480 e. The van der Waals surface area contributed by atoms with E-state index in [1.165, 1.54) is 6.33 Å². The molecule has 1 fully saturated rings. The second-order valence-corrected chi connectivity index (χ2v) is 11.5. The quantitative estimate of drug-likeness (QED) is 0.241. The van der Waals surface area contributed by atoms with Crippen molar-refractivity contribution in [2.24, 2.45) is 0 Å². The van der Waals surface area contributed by atoms with Crippen LogP contribution in [0.25, 0.3) is 22.8 Å². The number of alkyl halides is 3. The van der Waals surface area contributed by atoms with E-state index in [9.17, 15) is 18.4 Å². The topological polar surface area (TPSA) is 118 Å². The van der Waals surface area contributed by atoms with Crippen LogP contribution in [0.2, 0.25) is 0 Å². The van der Waals surface area contributed by atoms with Gasteiger partial charge in [0.25, 0.3) is 0 Å².